The van der Waals surface area contributed by atoms with Gasteiger partial charge in [-0.2, -0.15) is 0 Å². The lowest BCUT2D eigenvalue weighted by Crippen LogP contribution is -2.43. The smallest absolute Gasteiger partial charge is 0.310 e. The number of hydrogen-bond donors (Lipinski definition) is 1. The van der Waals surface area contributed by atoms with Gasteiger partial charge in [0.25, 0.3) is 0 Å². The summed E-state index contributed by atoms with van der Waals surface area (Å²) in [6.45, 7) is 13.0. The Morgan fingerprint density at radius 2 is 1.79 bits per heavy atom. The van der Waals surface area contributed by atoms with Crippen molar-refractivity contribution in [2.75, 3.05) is 0 Å². The quantitative estimate of drug-likeness (QED) is 0.547. The third-order valence-corrected chi connectivity index (χ3v) is 8.32. The van der Waals surface area contributed by atoms with E-state index >= 15 is 0 Å². The topological polar surface area (TPSA) is 63.6 Å². The summed E-state index contributed by atoms with van der Waals surface area (Å²) >= 11 is 0. The second kappa shape index (κ2) is 7.19. The molecular weight excluding hydrogens is 260 g/mol. The van der Waals surface area contributed by atoms with Crippen molar-refractivity contribution in [2.45, 2.75) is 77.6 Å². The van der Waals surface area contributed by atoms with E-state index in [1.54, 1.807) is 0 Å². The Kier molecular flexibility index (Phi) is 6.93. The minimum absolute atomic E-state index is 0.124. The van der Waals surface area contributed by atoms with Crippen molar-refractivity contribution in [3.63, 3.8) is 0 Å². The summed E-state index contributed by atoms with van der Waals surface area (Å²) in [6, 6.07) is 0. The van der Waals surface area contributed by atoms with Crippen molar-refractivity contribution in [3.8, 4) is 0 Å². The molecule has 4 nitrogen and oxygen atoms in total. The van der Waals surface area contributed by atoms with Crippen LogP contribution in [0.15, 0.2) is 0 Å². The van der Waals surface area contributed by atoms with Gasteiger partial charge in [0.15, 0.2) is 8.32 Å². The fourth-order valence-electron chi connectivity index (χ4n) is 1.58. The summed E-state index contributed by atoms with van der Waals surface area (Å²) in [5.41, 5.74) is 0. The molecule has 0 aromatic carbocycles. The molecule has 0 radical (unpaired) electrons. The summed E-state index contributed by atoms with van der Waals surface area (Å²) in [5.74, 6) is -1.25. The maximum Gasteiger partial charge on any atom is 0.310 e. The molecule has 5 heteroatoms. The third-order valence-electron chi connectivity index (χ3n) is 3.72. The van der Waals surface area contributed by atoms with Crippen LogP contribution >= 0.6 is 0 Å². The van der Waals surface area contributed by atoms with Crippen LogP contribution in [0.2, 0.25) is 18.1 Å². The van der Waals surface area contributed by atoms with E-state index in [-0.39, 0.29) is 23.3 Å². The van der Waals surface area contributed by atoms with E-state index in [2.05, 4.69) is 33.9 Å². The van der Waals surface area contributed by atoms with Crippen molar-refractivity contribution in [3.05, 3.63) is 0 Å². The van der Waals surface area contributed by atoms with Crippen LogP contribution in [0.4, 0.5) is 0 Å². The van der Waals surface area contributed by atoms with Gasteiger partial charge in [-0.25, -0.2) is 0 Å². The van der Waals surface area contributed by atoms with Gasteiger partial charge in [0.2, 0.25) is 0 Å². The first kappa shape index (κ1) is 18.3. The summed E-state index contributed by atoms with van der Waals surface area (Å²) < 4.78 is 6.18. The molecule has 1 atom stereocenters. The highest BCUT2D eigenvalue weighted by Gasteiger charge is 2.38. The van der Waals surface area contributed by atoms with Crippen LogP contribution in [-0.4, -0.2) is 31.3 Å². The largest absolute Gasteiger partial charge is 0.481 e. The van der Waals surface area contributed by atoms with Crippen LogP contribution in [0.3, 0.4) is 0 Å². The van der Waals surface area contributed by atoms with Crippen LogP contribution in [-0.2, 0) is 14.0 Å². The predicted molar refractivity (Wildman–Crippen MR) is 78.9 cm³/mol. The van der Waals surface area contributed by atoms with Gasteiger partial charge >= 0.3 is 5.97 Å². The van der Waals surface area contributed by atoms with Crippen LogP contribution in [0.25, 0.3) is 0 Å². The average molecular weight is 288 g/mol. The monoisotopic (exact) mass is 288 g/mol. The maximum absolute atomic E-state index is 11.3. The Balaban J connectivity index is 4.04. The highest BCUT2D eigenvalue weighted by molar-refractivity contribution is 6.74. The minimum Gasteiger partial charge on any atom is -0.481 e. The van der Waals surface area contributed by atoms with E-state index in [0.717, 1.165) is 6.42 Å². The number of ketones is 1. The van der Waals surface area contributed by atoms with Crippen molar-refractivity contribution >= 4 is 20.1 Å². The molecule has 0 saturated heterocycles. The molecule has 0 aliphatic heterocycles. The van der Waals surface area contributed by atoms with Gasteiger partial charge in [0, 0.05) is 12.5 Å². The second-order valence-corrected chi connectivity index (χ2v) is 11.4. The lowest BCUT2D eigenvalue weighted by atomic mass is 10.1. The number of hydrogen-bond acceptors (Lipinski definition) is 3. The lowest BCUT2D eigenvalue weighted by molar-refractivity contribution is -0.140. The average Bonchev–Trinajstić information content (AvgIpc) is 2.12. The summed E-state index contributed by atoms with van der Waals surface area (Å²) in [6.07, 6.45) is 1.59. The molecule has 0 rings (SSSR count). The molecule has 0 aliphatic rings. The fraction of sp³-hybridized carbons (Fsp3) is 0.857. The number of carboxylic acid groups (broad SMARTS) is 1. The van der Waals surface area contributed by atoms with E-state index < -0.39 is 14.3 Å². The standard InChI is InChI=1S/C14H28O4Si/c1-11(18-19(5,6)14(2,3)4)8-7-9-12(15)10-13(16)17/h11H,7-10H2,1-6H3,(H,16,17)/t11-/m1/s1. The number of carboxylic acids is 1. The Morgan fingerprint density at radius 1 is 1.26 bits per heavy atom. The van der Waals surface area contributed by atoms with Crippen molar-refractivity contribution in [2.24, 2.45) is 0 Å². The number of Topliss-reactive ketones (excluding diaryl/α,β-unsaturated/α-hetero) is 1. The maximum atomic E-state index is 11.3. The van der Waals surface area contributed by atoms with Crippen LogP contribution in [0.5, 0.6) is 0 Å². The zero-order valence-corrected chi connectivity index (χ0v) is 14.1. The molecule has 0 fully saturated rings. The van der Waals surface area contributed by atoms with Gasteiger partial charge in [-0.3, -0.25) is 9.59 Å². The molecule has 0 heterocycles. The number of aliphatic carboxylic acids is 1. The summed E-state index contributed by atoms with van der Waals surface area (Å²) in [4.78, 5) is 21.6. The minimum atomic E-state index is -1.75. The van der Waals surface area contributed by atoms with E-state index in [1.807, 2.05) is 6.92 Å². The molecule has 0 bridgehead atoms. The lowest BCUT2D eigenvalue weighted by Gasteiger charge is -2.38. The van der Waals surface area contributed by atoms with Gasteiger partial charge in [0.05, 0.1) is 0 Å². The molecule has 0 saturated carbocycles. The molecule has 0 aromatic rings. The zero-order chi connectivity index (χ0) is 15.3. The first-order valence-corrected chi connectivity index (χ1v) is 9.78. The van der Waals surface area contributed by atoms with E-state index in [1.165, 1.54) is 0 Å². The van der Waals surface area contributed by atoms with Crippen LogP contribution < -0.4 is 0 Å². The van der Waals surface area contributed by atoms with Crippen molar-refractivity contribution in [1.82, 2.24) is 0 Å². The number of rotatable bonds is 8. The summed E-state index contributed by atoms with van der Waals surface area (Å²) in [7, 11) is -1.75. The molecule has 1 N–H and O–H groups in total. The molecular formula is C14H28O4Si. The van der Waals surface area contributed by atoms with Crippen molar-refractivity contribution < 1.29 is 19.1 Å². The Bertz CT molecular complexity index is 318. The normalized spacial score (nSPS) is 14.2. The van der Waals surface area contributed by atoms with Crippen molar-refractivity contribution in [1.29, 1.82) is 0 Å². The Hall–Kier alpha value is -0.683. The van der Waals surface area contributed by atoms with E-state index in [4.69, 9.17) is 9.53 Å². The first-order valence-electron chi connectivity index (χ1n) is 6.87. The molecule has 0 unspecified atom stereocenters. The molecule has 112 valence electrons. The highest BCUT2D eigenvalue weighted by atomic mass is 28.4. The highest BCUT2D eigenvalue weighted by Crippen LogP contribution is 2.37. The predicted octanol–water partition coefficient (Wildman–Crippen LogP) is 3.61. The van der Waals surface area contributed by atoms with Gasteiger partial charge in [-0.15, -0.1) is 0 Å². The molecule has 19 heavy (non-hydrogen) atoms. The molecule has 0 spiro atoms. The molecule has 0 aliphatic carbocycles. The number of carbonyl (C=O) groups excluding carboxylic acids is 1. The van der Waals surface area contributed by atoms with Gasteiger partial charge < -0.3 is 9.53 Å². The fourth-order valence-corrected chi connectivity index (χ4v) is 3.06. The van der Waals surface area contributed by atoms with Gasteiger partial charge in [-0.05, 0) is 37.9 Å². The summed E-state index contributed by atoms with van der Waals surface area (Å²) in [5, 5.41) is 8.68. The molecule has 0 amide bonds. The first-order chi connectivity index (χ1) is 8.45. The van der Waals surface area contributed by atoms with E-state index in [9.17, 15) is 9.59 Å². The van der Waals surface area contributed by atoms with E-state index in [0.29, 0.717) is 12.8 Å². The van der Waals surface area contributed by atoms with Gasteiger partial charge in [0.1, 0.15) is 12.2 Å². The molecule has 0 aromatic heterocycles. The SMILES string of the molecule is C[C@H](CCCC(=O)CC(=O)O)O[Si](C)(C)C(C)(C)C. The Labute approximate surface area is 117 Å². The third kappa shape index (κ3) is 7.47. The van der Waals surface area contributed by atoms with Crippen LogP contribution in [0, 0.1) is 0 Å². The zero-order valence-electron chi connectivity index (χ0n) is 13.1. The van der Waals surface area contributed by atoms with Gasteiger partial charge in [-0.1, -0.05) is 20.8 Å². The second-order valence-electron chi connectivity index (χ2n) is 6.69. The Morgan fingerprint density at radius 3 is 2.21 bits per heavy atom. The number of carbonyl (C=O) groups is 2. The van der Waals surface area contributed by atoms with Crippen LogP contribution in [0.1, 0.15) is 53.4 Å².